The van der Waals surface area contributed by atoms with Crippen LogP contribution in [-0.4, -0.2) is 16.8 Å². The fraction of sp³-hybridized carbons (Fsp3) is 0.500. The van der Waals surface area contributed by atoms with Gasteiger partial charge < -0.3 is 5.32 Å². The lowest BCUT2D eigenvalue weighted by Crippen LogP contribution is -2.20. The van der Waals surface area contributed by atoms with Crippen LogP contribution in [-0.2, 0) is 19.4 Å². The van der Waals surface area contributed by atoms with Gasteiger partial charge in [-0.2, -0.15) is 5.10 Å². The van der Waals surface area contributed by atoms with Crippen molar-refractivity contribution in [3.05, 3.63) is 37.3 Å². The zero-order valence-corrected chi connectivity index (χ0v) is 14.6. The Hall–Kier alpha value is -0.400. The van der Waals surface area contributed by atoms with Crippen LogP contribution in [0.25, 0.3) is 0 Å². The average molecular weight is 389 g/mol. The second-order valence-corrected chi connectivity index (χ2v) is 7.33. The highest BCUT2D eigenvalue weighted by atomic mass is 127. The SMILES string of the molecule is CCc1cc(CC(NC)c2csc(I)c2)n(CC)n1. The topological polar surface area (TPSA) is 29.9 Å². The molecule has 0 aromatic carbocycles. The summed E-state index contributed by atoms with van der Waals surface area (Å²) >= 11 is 4.18. The first-order chi connectivity index (χ1) is 9.17. The van der Waals surface area contributed by atoms with Gasteiger partial charge in [-0.15, -0.1) is 11.3 Å². The predicted molar refractivity (Wildman–Crippen MR) is 89.8 cm³/mol. The van der Waals surface area contributed by atoms with Crippen LogP contribution in [0.4, 0.5) is 0 Å². The van der Waals surface area contributed by atoms with Gasteiger partial charge in [0.2, 0.25) is 0 Å². The number of nitrogens with zero attached hydrogens (tertiary/aromatic N) is 2. The van der Waals surface area contributed by atoms with E-state index in [4.69, 9.17) is 0 Å². The summed E-state index contributed by atoms with van der Waals surface area (Å²) in [7, 11) is 2.03. The van der Waals surface area contributed by atoms with Crippen molar-refractivity contribution >= 4 is 33.9 Å². The molecule has 104 valence electrons. The predicted octanol–water partition coefficient (Wildman–Crippen LogP) is 3.63. The van der Waals surface area contributed by atoms with Crippen LogP contribution in [0.2, 0.25) is 0 Å². The monoisotopic (exact) mass is 389 g/mol. The third-order valence-electron chi connectivity index (χ3n) is 3.33. The van der Waals surface area contributed by atoms with Gasteiger partial charge in [-0.25, -0.2) is 0 Å². The standard InChI is InChI=1S/C14H20IN3S/c1-4-11-7-12(18(5-2)17-11)8-13(16-3)10-6-14(15)19-9-10/h6-7,9,13,16H,4-5,8H2,1-3H3. The summed E-state index contributed by atoms with van der Waals surface area (Å²) < 4.78 is 3.46. The molecular weight excluding hydrogens is 369 g/mol. The molecule has 2 aromatic rings. The summed E-state index contributed by atoms with van der Waals surface area (Å²) in [5.41, 5.74) is 3.88. The highest BCUT2D eigenvalue weighted by molar-refractivity contribution is 14.1. The molecule has 1 unspecified atom stereocenters. The van der Waals surface area contributed by atoms with Crippen LogP contribution in [0.1, 0.15) is 36.8 Å². The second kappa shape index (κ2) is 6.85. The number of halogens is 1. The molecule has 0 bridgehead atoms. The van der Waals surface area contributed by atoms with Crippen molar-refractivity contribution in [2.24, 2.45) is 0 Å². The maximum absolute atomic E-state index is 4.62. The molecule has 0 spiro atoms. The van der Waals surface area contributed by atoms with Crippen molar-refractivity contribution in [3.8, 4) is 0 Å². The highest BCUT2D eigenvalue weighted by Crippen LogP contribution is 2.25. The second-order valence-electron chi connectivity index (χ2n) is 4.53. The fourth-order valence-electron chi connectivity index (χ4n) is 2.23. The first-order valence-electron chi connectivity index (χ1n) is 6.64. The van der Waals surface area contributed by atoms with Crippen LogP contribution >= 0.6 is 33.9 Å². The van der Waals surface area contributed by atoms with Gasteiger partial charge in [-0.3, -0.25) is 4.68 Å². The maximum Gasteiger partial charge on any atom is 0.0656 e. The Morgan fingerprint density at radius 1 is 1.42 bits per heavy atom. The fourth-order valence-corrected chi connectivity index (χ4v) is 3.65. The highest BCUT2D eigenvalue weighted by Gasteiger charge is 2.15. The van der Waals surface area contributed by atoms with Gasteiger partial charge in [0, 0.05) is 24.7 Å². The van der Waals surface area contributed by atoms with Gasteiger partial charge in [0.25, 0.3) is 0 Å². The van der Waals surface area contributed by atoms with Gasteiger partial charge in [-0.05, 0) is 66.1 Å². The minimum absolute atomic E-state index is 0.367. The lowest BCUT2D eigenvalue weighted by atomic mass is 10.1. The first-order valence-corrected chi connectivity index (χ1v) is 8.60. The molecule has 1 N–H and O–H groups in total. The van der Waals surface area contributed by atoms with E-state index >= 15 is 0 Å². The molecule has 2 heterocycles. The number of rotatable bonds is 6. The van der Waals surface area contributed by atoms with E-state index in [1.165, 1.54) is 19.8 Å². The lowest BCUT2D eigenvalue weighted by Gasteiger charge is -2.15. The smallest absolute Gasteiger partial charge is 0.0656 e. The third-order valence-corrected chi connectivity index (χ3v) is 5.13. The quantitative estimate of drug-likeness (QED) is 0.765. The molecule has 0 fully saturated rings. The molecule has 5 heteroatoms. The Morgan fingerprint density at radius 2 is 2.21 bits per heavy atom. The van der Waals surface area contributed by atoms with Crippen LogP contribution in [0.5, 0.6) is 0 Å². The molecule has 0 aliphatic heterocycles. The van der Waals surface area contributed by atoms with Crippen molar-refractivity contribution in [2.75, 3.05) is 7.05 Å². The van der Waals surface area contributed by atoms with Crippen LogP contribution < -0.4 is 5.32 Å². The van der Waals surface area contributed by atoms with E-state index in [1.807, 2.05) is 7.05 Å². The summed E-state index contributed by atoms with van der Waals surface area (Å²) in [6.07, 6.45) is 1.99. The summed E-state index contributed by atoms with van der Waals surface area (Å²) in [4.78, 5) is 0. The number of thiophene rings is 1. The number of hydrogen-bond donors (Lipinski definition) is 1. The Morgan fingerprint density at radius 3 is 2.74 bits per heavy atom. The molecule has 2 aromatic heterocycles. The van der Waals surface area contributed by atoms with Gasteiger partial charge in [0.05, 0.1) is 8.58 Å². The number of likely N-dealkylation sites (N-methyl/N-ethyl adjacent to an activating group) is 1. The number of aryl methyl sites for hydroxylation is 2. The van der Waals surface area contributed by atoms with E-state index in [0.29, 0.717) is 6.04 Å². The molecule has 0 saturated heterocycles. The minimum atomic E-state index is 0.367. The van der Waals surface area contributed by atoms with E-state index in [1.54, 1.807) is 11.3 Å². The van der Waals surface area contributed by atoms with Crippen LogP contribution in [0.15, 0.2) is 17.5 Å². The van der Waals surface area contributed by atoms with Crippen molar-refractivity contribution < 1.29 is 0 Å². The molecule has 0 amide bonds. The van der Waals surface area contributed by atoms with Crippen LogP contribution in [0.3, 0.4) is 0 Å². The molecular formula is C14H20IN3S. The number of hydrogen-bond acceptors (Lipinski definition) is 3. The molecule has 0 aliphatic carbocycles. The summed E-state index contributed by atoms with van der Waals surface area (Å²) in [5.74, 6) is 0. The third kappa shape index (κ3) is 3.58. The number of nitrogens with one attached hydrogen (secondary N) is 1. The Bertz CT molecular complexity index is 533. The van der Waals surface area contributed by atoms with E-state index in [9.17, 15) is 0 Å². The Labute approximate surface area is 132 Å². The number of aromatic nitrogens is 2. The zero-order valence-electron chi connectivity index (χ0n) is 11.6. The summed E-state index contributed by atoms with van der Waals surface area (Å²) in [6.45, 7) is 5.24. The summed E-state index contributed by atoms with van der Waals surface area (Å²) in [6, 6.07) is 4.87. The van der Waals surface area contributed by atoms with E-state index in [-0.39, 0.29) is 0 Å². The van der Waals surface area contributed by atoms with Gasteiger partial charge in [0.1, 0.15) is 0 Å². The van der Waals surface area contributed by atoms with E-state index in [0.717, 1.165) is 19.4 Å². The van der Waals surface area contributed by atoms with E-state index < -0.39 is 0 Å². The maximum atomic E-state index is 4.62. The normalized spacial score (nSPS) is 12.8. The molecule has 0 saturated carbocycles. The van der Waals surface area contributed by atoms with Gasteiger partial charge >= 0.3 is 0 Å². The largest absolute Gasteiger partial charge is 0.313 e. The minimum Gasteiger partial charge on any atom is -0.313 e. The van der Waals surface area contributed by atoms with Gasteiger partial charge in [0.15, 0.2) is 0 Å². The lowest BCUT2D eigenvalue weighted by molar-refractivity contribution is 0.541. The van der Waals surface area contributed by atoms with Crippen LogP contribution in [0, 0.1) is 2.88 Å². The Balaban J connectivity index is 2.20. The van der Waals surface area contributed by atoms with Gasteiger partial charge in [-0.1, -0.05) is 6.92 Å². The van der Waals surface area contributed by atoms with Crippen molar-refractivity contribution in [2.45, 2.75) is 39.3 Å². The summed E-state index contributed by atoms with van der Waals surface area (Å²) in [5, 5.41) is 10.3. The molecule has 2 rings (SSSR count). The average Bonchev–Trinajstić information content (AvgIpc) is 3.01. The Kier molecular flexibility index (Phi) is 5.41. The zero-order chi connectivity index (χ0) is 13.8. The first kappa shape index (κ1) is 15.0. The van der Waals surface area contributed by atoms with Crippen molar-refractivity contribution in [3.63, 3.8) is 0 Å². The molecule has 1 atom stereocenters. The van der Waals surface area contributed by atoms with Crippen molar-refractivity contribution in [1.82, 2.24) is 15.1 Å². The molecule has 3 nitrogen and oxygen atoms in total. The van der Waals surface area contributed by atoms with E-state index in [2.05, 4.69) is 69.0 Å². The molecule has 0 radical (unpaired) electrons. The molecule has 19 heavy (non-hydrogen) atoms. The molecule has 0 aliphatic rings. The van der Waals surface area contributed by atoms with Crippen molar-refractivity contribution in [1.29, 1.82) is 0 Å².